The number of nitrogens with zero attached hydrogens (tertiary/aromatic N) is 1. The van der Waals surface area contributed by atoms with Gasteiger partial charge in [-0.25, -0.2) is 14.2 Å². The number of amides is 1. The molecular weight excluding hydrogens is 468 g/mol. The summed E-state index contributed by atoms with van der Waals surface area (Å²) in [6, 6.07) is 15.2. The van der Waals surface area contributed by atoms with E-state index in [0.29, 0.717) is 16.8 Å². The third-order valence-corrected chi connectivity index (χ3v) is 5.17. The Hall–Kier alpha value is -4.47. The zero-order valence-corrected chi connectivity index (χ0v) is 18.0. The first-order valence-electron chi connectivity index (χ1n) is 10.1. The first kappa shape index (κ1) is 23.7. The number of halogens is 4. The van der Waals surface area contributed by atoms with Crippen molar-refractivity contribution in [2.24, 2.45) is 0 Å². The van der Waals surface area contributed by atoms with Crippen molar-refractivity contribution in [2.45, 2.75) is 13.3 Å². The van der Waals surface area contributed by atoms with Crippen LogP contribution in [0.2, 0.25) is 0 Å². The highest BCUT2D eigenvalue weighted by Crippen LogP contribution is 2.34. The van der Waals surface area contributed by atoms with Gasteiger partial charge in [0.2, 0.25) is 0 Å². The molecule has 0 atom stereocenters. The average molecular weight is 484 g/mol. The van der Waals surface area contributed by atoms with Gasteiger partial charge in [-0.2, -0.15) is 0 Å². The number of hydrogen-bond donors (Lipinski definition) is 2. The number of pyridine rings is 1. The molecule has 0 radical (unpaired) electrons. The number of aromatic nitrogens is 1. The Balaban J connectivity index is 1.87. The van der Waals surface area contributed by atoms with Crippen LogP contribution in [0.5, 0.6) is 5.75 Å². The van der Waals surface area contributed by atoms with Crippen LogP contribution >= 0.6 is 0 Å². The molecule has 3 aromatic carbocycles. The van der Waals surface area contributed by atoms with E-state index in [9.17, 15) is 27.2 Å². The van der Waals surface area contributed by atoms with Crippen LogP contribution in [-0.4, -0.2) is 28.3 Å². The van der Waals surface area contributed by atoms with Crippen molar-refractivity contribution in [1.29, 1.82) is 0 Å². The zero-order chi connectivity index (χ0) is 25.3. The molecule has 4 rings (SSSR count). The number of anilines is 1. The molecule has 178 valence electrons. The molecule has 1 amide bonds. The van der Waals surface area contributed by atoms with Gasteiger partial charge in [-0.15, -0.1) is 13.2 Å². The number of nitrogens with one attached hydrogen (secondary N) is 1. The molecule has 4 aromatic rings. The second kappa shape index (κ2) is 9.05. The summed E-state index contributed by atoms with van der Waals surface area (Å²) in [6.07, 6.45) is -4.95. The highest BCUT2D eigenvalue weighted by Gasteiger charge is 2.31. The predicted molar refractivity (Wildman–Crippen MR) is 120 cm³/mol. The van der Waals surface area contributed by atoms with E-state index in [2.05, 4.69) is 15.0 Å². The lowest BCUT2D eigenvalue weighted by molar-refractivity contribution is -0.274. The summed E-state index contributed by atoms with van der Waals surface area (Å²) in [6.45, 7) is 1.57. The van der Waals surface area contributed by atoms with Gasteiger partial charge in [-0.1, -0.05) is 30.3 Å². The summed E-state index contributed by atoms with van der Waals surface area (Å²) in [5.41, 5.74) is 0.981. The monoisotopic (exact) mass is 484 g/mol. The Bertz CT molecular complexity index is 1450. The fourth-order valence-electron chi connectivity index (χ4n) is 3.64. The smallest absolute Gasteiger partial charge is 0.478 e. The summed E-state index contributed by atoms with van der Waals surface area (Å²) in [5.74, 6) is -3.70. The minimum absolute atomic E-state index is 0.0387. The number of fused-ring (bicyclic) bond motifs is 1. The van der Waals surface area contributed by atoms with E-state index in [4.69, 9.17) is 5.11 Å². The standard InChI is InChI=1S/C25H16F4N2O4/c1-13-21(23(32)31-20-9-7-15(24(33)34)11-18(20)26)17-12-16(35-25(27,28)29)8-10-19(17)30-22(13)14-5-3-2-4-6-14/h2-12H,1H3,(H,31,32)(H,33,34). The Morgan fingerprint density at radius 2 is 1.71 bits per heavy atom. The number of carbonyl (C=O) groups excluding carboxylic acids is 1. The molecule has 0 saturated carbocycles. The molecule has 0 spiro atoms. The molecule has 0 aliphatic carbocycles. The maximum Gasteiger partial charge on any atom is 0.573 e. The number of benzene rings is 3. The van der Waals surface area contributed by atoms with Crippen LogP contribution in [0.25, 0.3) is 22.2 Å². The van der Waals surface area contributed by atoms with Gasteiger partial charge in [0, 0.05) is 10.9 Å². The molecule has 10 heteroatoms. The topological polar surface area (TPSA) is 88.5 Å². The second-order valence-corrected chi connectivity index (χ2v) is 7.51. The lowest BCUT2D eigenvalue weighted by Crippen LogP contribution is -2.18. The number of carboxylic acid groups (broad SMARTS) is 1. The summed E-state index contributed by atoms with van der Waals surface area (Å²) < 4.78 is 56.8. The van der Waals surface area contributed by atoms with Crippen LogP contribution in [0.15, 0.2) is 66.7 Å². The highest BCUT2D eigenvalue weighted by molar-refractivity contribution is 6.14. The molecule has 1 heterocycles. The van der Waals surface area contributed by atoms with E-state index >= 15 is 0 Å². The number of alkyl halides is 3. The summed E-state index contributed by atoms with van der Waals surface area (Å²) >= 11 is 0. The van der Waals surface area contributed by atoms with Crippen molar-refractivity contribution in [3.8, 4) is 17.0 Å². The van der Waals surface area contributed by atoms with Crippen LogP contribution < -0.4 is 10.1 Å². The van der Waals surface area contributed by atoms with Crippen LogP contribution in [0.3, 0.4) is 0 Å². The number of rotatable bonds is 5. The van der Waals surface area contributed by atoms with Crippen molar-refractivity contribution in [2.75, 3.05) is 5.32 Å². The molecule has 2 N–H and O–H groups in total. The highest BCUT2D eigenvalue weighted by atomic mass is 19.4. The van der Waals surface area contributed by atoms with Crippen LogP contribution in [0.4, 0.5) is 23.2 Å². The summed E-state index contributed by atoms with van der Waals surface area (Å²) in [5, 5.41) is 11.4. The zero-order valence-electron chi connectivity index (χ0n) is 18.0. The number of carboxylic acids is 1. The molecule has 0 aliphatic rings. The van der Waals surface area contributed by atoms with Gasteiger partial charge < -0.3 is 15.2 Å². The van der Waals surface area contributed by atoms with E-state index in [0.717, 1.165) is 30.3 Å². The van der Waals surface area contributed by atoms with Gasteiger partial charge in [0.05, 0.1) is 28.0 Å². The summed E-state index contributed by atoms with van der Waals surface area (Å²) in [4.78, 5) is 28.9. The Labute approximate surface area is 195 Å². The Morgan fingerprint density at radius 3 is 2.34 bits per heavy atom. The van der Waals surface area contributed by atoms with Gasteiger partial charge in [-0.05, 0) is 48.9 Å². The maximum atomic E-state index is 14.5. The molecule has 6 nitrogen and oxygen atoms in total. The van der Waals surface area contributed by atoms with Crippen molar-refractivity contribution in [1.82, 2.24) is 4.98 Å². The van der Waals surface area contributed by atoms with Crippen molar-refractivity contribution >= 4 is 28.5 Å². The van der Waals surface area contributed by atoms with Crippen molar-refractivity contribution in [3.63, 3.8) is 0 Å². The van der Waals surface area contributed by atoms with E-state index < -0.39 is 29.8 Å². The quantitative estimate of drug-likeness (QED) is 0.330. The largest absolute Gasteiger partial charge is 0.573 e. The number of ether oxygens (including phenoxy) is 1. The third-order valence-electron chi connectivity index (χ3n) is 5.17. The van der Waals surface area contributed by atoms with Crippen molar-refractivity contribution in [3.05, 3.63) is 89.2 Å². The Kier molecular flexibility index (Phi) is 6.12. The molecule has 1 aromatic heterocycles. The molecule has 0 bridgehead atoms. The molecule has 0 saturated heterocycles. The first-order valence-corrected chi connectivity index (χ1v) is 10.1. The molecule has 35 heavy (non-hydrogen) atoms. The molecular formula is C25H16F4N2O4. The number of carbonyl (C=O) groups is 2. The number of aromatic carboxylic acids is 1. The minimum Gasteiger partial charge on any atom is -0.478 e. The maximum absolute atomic E-state index is 14.5. The number of hydrogen-bond acceptors (Lipinski definition) is 4. The average Bonchev–Trinajstić information content (AvgIpc) is 2.79. The van der Waals surface area contributed by atoms with E-state index in [1.165, 1.54) is 6.07 Å². The Morgan fingerprint density at radius 1 is 1.00 bits per heavy atom. The van der Waals surface area contributed by atoms with Gasteiger partial charge >= 0.3 is 12.3 Å². The lowest BCUT2D eigenvalue weighted by atomic mass is 9.97. The van der Waals surface area contributed by atoms with E-state index in [1.807, 2.05) is 0 Å². The second-order valence-electron chi connectivity index (χ2n) is 7.51. The van der Waals surface area contributed by atoms with E-state index in [-0.39, 0.29) is 27.7 Å². The van der Waals surface area contributed by atoms with Gasteiger partial charge in [-0.3, -0.25) is 4.79 Å². The van der Waals surface area contributed by atoms with Gasteiger partial charge in [0.25, 0.3) is 5.91 Å². The van der Waals surface area contributed by atoms with Crippen LogP contribution in [-0.2, 0) is 0 Å². The van der Waals surface area contributed by atoms with Crippen molar-refractivity contribution < 1.29 is 37.0 Å². The molecule has 0 fully saturated rings. The minimum atomic E-state index is -4.95. The van der Waals surface area contributed by atoms with Crippen LogP contribution in [0.1, 0.15) is 26.3 Å². The lowest BCUT2D eigenvalue weighted by Gasteiger charge is -2.16. The SMILES string of the molecule is Cc1c(-c2ccccc2)nc2ccc(OC(F)(F)F)cc2c1C(=O)Nc1ccc(C(=O)O)cc1F. The third kappa shape index (κ3) is 5.06. The van der Waals surface area contributed by atoms with E-state index in [1.54, 1.807) is 37.3 Å². The predicted octanol–water partition coefficient (Wildman–Crippen LogP) is 6.20. The molecule has 0 aliphatic heterocycles. The fraction of sp³-hybridized carbons (Fsp3) is 0.0800. The fourth-order valence-corrected chi connectivity index (χ4v) is 3.64. The molecule has 0 unspecified atom stereocenters. The van der Waals surface area contributed by atoms with Gasteiger partial charge in [0.1, 0.15) is 11.6 Å². The van der Waals surface area contributed by atoms with Crippen LogP contribution in [0, 0.1) is 12.7 Å². The first-order chi connectivity index (χ1) is 16.5. The van der Waals surface area contributed by atoms with Gasteiger partial charge in [0.15, 0.2) is 0 Å². The normalized spacial score (nSPS) is 11.3. The summed E-state index contributed by atoms with van der Waals surface area (Å²) in [7, 11) is 0.